The van der Waals surface area contributed by atoms with Gasteiger partial charge in [0.2, 0.25) is 0 Å². The number of anilines is 3. The van der Waals surface area contributed by atoms with E-state index in [4.69, 9.17) is 8.83 Å². The quantitative estimate of drug-likeness (QED) is 0.201. The van der Waals surface area contributed by atoms with Crippen LogP contribution in [0.1, 0.15) is 0 Å². The van der Waals surface area contributed by atoms with Crippen molar-refractivity contribution >= 4 is 82.5 Å². The van der Waals surface area contributed by atoms with Crippen molar-refractivity contribution in [3.63, 3.8) is 0 Å². The number of hydrogen-bond acceptors (Lipinski definition) is 3. The molecule has 47 heavy (non-hydrogen) atoms. The van der Waals surface area contributed by atoms with E-state index in [1.54, 1.807) is 0 Å². The Kier molecular flexibility index (Phi) is 5.57. The molecule has 0 saturated heterocycles. The standard InChI is InChI=1S/C44H27NO2/c1-2-9-28(10-3-1)29-17-20-31(21-18-29)45(32-22-24-35-37-23-19-30-11-4-5-12-33(30)44(37)47-42(35)27-32)39-15-8-14-36-34(39)25-26-41-43(36)38-13-6-7-16-40(38)46-41/h1-27H. The lowest BCUT2D eigenvalue weighted by Gasteiger charge is -2.27. The second-order valence-corrected chi connectivity index (χ2v) is 12.1. The van der Waals surface area contributed by atoms with E-state index in [0.29, 0.717) is 0 Å². The monoisotopic (exact) mass is 601 g/mol. The number of para-hydroxylation sites is 1. The van der Waals surface area contributed by atoms with Crippen LogP contribution in [0.15, 0.2) is 173 Å². The third-order valence-electron chi connectivity index (χ3n) is 9.46. The van der Waals surface area contributed by atoms with Gasteiger partial charge in [0, 0.05) is 49.8 Å². The molecule has 0 amide bonds. The molecule has 0 saturated carbocycles. The maximum Gasteiger partial charge on any atom is 0.143 e. The Morgan fingerprint density at radius 3 is 1.96 bits per heavy atom. The number of furan rings is 2. The second kappa shape index (κ2) is 10.1. The Morgan fingerprint density at radius 1 is 0.362 bits per heavy atom. The van der Waals surface area contributed by atoms with Crippen LogP contribution >= 0.6 is 0 Å². The van der Waals surface area contributed by atoms with Gasteiger partial charge in [0.05, 0.1) is 5.69 Å². The molecule has 0 atom stereocenters. The maximum atomic E-state index is 6.65. The Labute approximate surface area is 270 Å². The van der Waals surface area contributed by atoms with Crippen LogP contribution in [0.25, 0.3) is 76.5 Å². The molecule has 3 heteroatoms. The van der Waals surface area contributed by atoms with E-state index < -0.39 is 0 Å². The lowest BCUT2D eigenvalue weighted by molar-refractivity contribution is 0.669. The average Bonchev–Trinajstić information content (AvgIpc) is 3.71. The van der Waals surface area contributed by atoms with E-state index >= 15 is 0 Å². The topological polar surface area (TPSA) is 29.5 Å². The van der Waals surface area contributed by atoms with Crippen molar-refractivity contribution in [2.75, 3.05) is 4.90 Å². The summed E-state index contributed by atoms with van der Waals surface area (Å²) in [5, 5.41) is 9.11. The first-order valence-electron chi connectivity index (χ1n) is 15.9. The minimum Gasteiger partial charge on any atom is -0.456 e. The van der Waals surface area contributed by atoms with Gasteiger partial charge in [0.25, 0.3) is 0 Å². The fraction of sp³-hybridized carbons (Fsp3) is 0. The molecular formula is C44H27NO2. The highest BCUT2D eigenvalue weighted by molar-refractivity contribution is 6.21. The normalized spacial score (nSPS) is 11.8. The van der Waals surface area contributed by atoms with Gasteiger partial charge < -0.3 is 13.7 Å². The first-order chi connectivity index (χ1) is 23.3. The summed E-state index contributed by atoms with van der Waals surface area (Å²) in [5.74, 6) is 0. The highest BCUT2D eigenvalue weighted by atomic mass is 16.3. The SMILES string of the molecule is c1ccc(-c2ccc(N(c3ccc4c(c3)oc3c5ccccc5ccc43)c3cccc4c3ccc3oc5ccccc5c34)cc2)cc1. The largest absolute Gasteiger partial charge is 0.456 e. The second-order valence-electron chi connectivity index (χ2n) is 12.1. The molecule has 0 radical (unpaired) electrons. The maximum absolute atomic E-state index is 6.65. The molecule has 0 aliphatic rings. The predicted octanol–water partition coefficient (Wildman–Crippen LogP) is 12.9. The third-order valence-corrected chi connectivity index (χ3v) is 9.46. The zero-order valence-electron chi connectivity index (χ0n) is 25.4. The lowest BCUT2D eigenvalue weighted by Crippen LogP contribution is -2.10. The number of fused-ring (bicyclic) bond motifs is 10. The first-order valence-corrected chi connectivity index (χ1v) is 15.9. The Balaban J connectivity index is 1.21. The van der Waals surface area contributed by atoms with E-state index in [1.807, 2.05) is 12.1 Å². The molecule has 0 bridgehead atoms. The van der Waals surface area contributed by atoms with E-state index in [-0.39, 0.29) is 0 Å². The van der Waals surface area contributed by atoms with Gasteiger partial charge in [-0.05, 0) is 76.5 Å². The first kappa shape index (κ1) is 26.0. The van der Waals surface area contributed by atoms with Gasteiger partial charge in [-0.25, -0.2) is 0 Å². The summed E-state index contributed by atoms with van der Waals surface area (Å²) in [6, 6.07) is 57.8. The van der Waals surface area contributed by atoms with Crippen LogP contribution in [-0.2, 0) is 0 Å². The molecule has 0 N–H and O–H groups in total. The van der Waals surface area contributed by atoms with Crippen LogP contribution in [0.3, 0.4) is 0 Å². The third kappa shape index (κ3) is 4.00. The van der Waals surface area contributed by atoms with Gasteiger partial charge >= 0.3 is 0 Å². The lowest BCUT2D eigenvalue weighted by atomic mass is 10.0. The summed E-state index contributed by atoms with van der Waals surface area (Å²) >= 11 is 0. The van der Waals surface area contributed by atoms with Crippen molar-refractivity contribution in [3.8, 4) is 11.1 Å². The van der Waals surface area contributed by atoms with Gasteiger partial charge in [-0.15, -0.1) is 0 Å². The molecule has 10 rings (SSSR count). The van der Waals surface area contributed by atoms with Crippen molar-refractivity contribution in [2.24, 2.45) is 0 Å². The average molecular weight is 602 g/mol. The number of hydrogen-bond donors (Lipinski definition) is 0. The smallest absolute Gasteiger partial charge is 0.143 e. The summed E-state index contributed by atoms with van der Waals surface area (Å²) in [6.45, 7) is 0. The summed E-state index contributed by atoms with van der Waals surface area (Å²) in [5.41, 5.74) is 9.13. The van der Waals surface area contributed by atoms with Gasteiger partial charge in [0.15, 0.2) is 0 Å². The fourth-order valence-electron chi connectivity index (χ4n) is 7.25. The molecule has 220 valence electrons. The van der Waals surface area contributed by atoms with E-state index in [0.717, 1.165) is 77.1 Å². The minimum atomic E-state index is 0.864. The molecular weight excluding hydrogens is 574 g/mol. The molecule has 0 spiro atoms. The molecule has 0 fully saturated rings. The van der Waals surface area contributed by atoms with Crippen molar-refractivity contribution in [2.45, 2.75) is 0 Å². The van der Waals surface area contributed by atoms with Crippen LogP contribution in [0.5, 0.6) is 0 Å². The Hall–Kier alpha value is -6.32. The fourth-order valence-corrected chi connectivity index (χ4v) is 7.25. The zero-order chi connectivity index (χ0) is 30.9. The molecule has 0 aliphatic heterocycles. The van der Waals surface area contributed by atoms with E-state index in [9.17, 15) is 0 Å². The van der Waals surface area contributed by atoms with E-state index in [2.05, 4.69) is 157 Å². The predicted molar refractivity (Wildman–Crippen MR) is 196 cm³/mol. The highest BCUT2D eigenvalue weighted by Gasteiger charge is 2.20. The van der Waals surface area contributed by atoms with Crippen LogP contribution in [0.4, 0.5) is 17.1 Å². The van der Waals surface area contributed by atoms with Crippen molar-refractivity contribution in [3.05, 3.63) is 164 Å². The van der Waals surface area contributed by atoms with E-state index in [1.165, 1.54) is 16.5 Å². The van der Waals surface area contributed by atoms with Crippen LogP contribution in [0.2, 0.25) is 0 Å². The van der Waals surface area contributed by atoms with Crippen molar-refractivity contribution in [1.82, 2.24) is 0 Å². The Morgan fingerprint density at radius 2 is 1.06 bits per heavy atom. The molecule has 2 heterocycles. The van der Waals surface area contributed by atoms with Gasteiger partial charge in [0.1, 0.15) is 22.3 Å². The minimum absolute atomic E-state index is 0.864. The van der Waals surface area contributed by atoms with Crippen molar-refractivity contribution in [1.29, 1.82) is 0 Å². The highest BCUT2D eigenvalue weighted by Crippen LogP contribution is 2.44. The van der Waals surface area contributed by atoms with Gasteiger partial charge in [-0.2, -0.15) is 0 Å². The molecule has 8 aromatic carbocycles. The summed E-state index contributed by atoms with van der Waals surface area (Å²) < 4.78 is 12.9. The van der Waals surface area contributed by atoms with Crippen LogP contribution < -0.4 is 4.90 Å². The number of benzene rings is 8. The molecule has 10 aromatic rings. The van der Waals surface area contributed by atoms with Gasteiger partial charge in [-0.3, -0.25) is 0 Å². The summed E-state index contributed by atoms with van der Waals surface area (Å²) in [7, 11) is 0. The molecule has 3 nitrogen and oxygen atoms in total. The van der Waals surface area contributed by atoms with Gasteiger partial charge in [-0.1, -0.05) is 103 Å². The zero-order valence-corrected chi connectivity index (χ0v) is 25.4. The number of nitrogens with zero attached hydrogens (tertiary/aromatic N) is 1. The Bertz CT molecular complexity index is 2790. The molecule has 0 unspecified atom stereocenters. The van der Waals surface area contributed by atoms with Crippen molar-refractivity contribution < 1.29 is 8.83 Å². The molecule has 0 aliphatic carbocycles. The van der Waals surface area contributed by atoms with Crippen LogP contribution in [-0.4, -0.2) is 0 Å². The summed E-state index contributed by atoms with van der Waals surface area (Å²) in [6.07, 6.45) is 0. The summed E-state index contributed by atoms with van der Waals surface area (Å²) in [4.78, 5) is 2.34. The van der Waals surface area contributed by atoms with Crippen LogP contribution in [0, 0.1) is 0 Å². The number of rotatable bonds is 4. The molecule has 2 aromatic heterocycles.